The average molecular weight is 147 g/mol. The minimum absolute atomic E-state index is 0.0448. The van der Waals surface area contributed by atoms with Gasteiger partial charge >= 0.3 is 0 Å². The minimum atomic E-state index is -0.193. The molecular weight excluding hydrogens is 131 g/mol. The summed E-state index contributed by atoms with van der Waals surface area (Å²) in [6, 6.07) is 0. The van der Waals surface area contributed by atoms with E-state index in [0.717, 1.165) is 32.1 Å². The van der Waals surface area contributed by atoms with Crippen molar-refractivity contribution in [2.24, 2.45) is 0 Å². The van der Waals surface area contributed by atoms with E-state index >= 15 is 0 Å². The van der Waals surface area contributed by atoms with Gasteiger partial charge in [0.1, 0.15) is 0 Å². The first-order valence-electron chi connectivity index (χ1n) is 4.06. The lowest BCUT2D eigenvalue weighted by molar-refractivity contribution is 0.186. The molecule has 1 radical (unpaired) electrons. The predicted molar refractivity (Wildman–Crippen MR) is 39.2 cm³/mol. The maximum atomic E-state index is 11.5. The molecule has 0 aliphatic carbocycles. The van der Waals surface area contributed by atoms with Gasteiger partial charge in [-0.25, -0.2) is 5.11 Å². The lowest BCUT2D eigenvalue weighted by Crippen LogP contribution is -1.83. The molecule has 0 bridgehead atoms. The highest BCUT2D eigenvalue weighted by molar-refractivity contribution is 4.43. The summed E-state index contributed by atoms with van der Waals surface area (Å²) in [6.45, 7) is -0.148. The van der Waals surface area contributed by atoms with Gasteiger partial charge in [0.15, 0.2) is 0 Å². The highest BCUT2D eigenvalue weighted by Gasteiger charge is 1.89. The van der Waals surface area contributed by atoms with Crippen molar-refractivity contribution >= 4 is 0 Å². The molecule has 0 amide bonds. The predicted octanol–water partition coefficient (Wildman–Crippen LogP) is 2.73. The molecule has 0 atom stereocenters. The molecule has 61 valence electrons. The Hall–Kier alpha value is -0.110. The second-order valence-corrected chi connectivity index (χ2v) is 2.51. The Kier molecular flexibility index (Phi) is 8.79. The maximum Gasteiger partial charge on any atom is 0.0894 e. The first-order valence-corrected chi connectivity index (χ1v) is 4.06. The van der Waals surface area contributed by atoms with Gasteiger partial charge in [-0.1, -0.05) is 25.7 Å². The molecule has 0 unspecified atom stereocenters. The largest absolute Gasteiger partial charge is 0.251 e. The van der Waals surface area contributed by atoms with E-state index in [1.165, 1.54) is 0 Å². The van der Waals surface area contributed by atoms with Crippen LogP contribution in [0.1, 0.15) is 38.5 Å². The van der Waals surface area contributed by atoms with Gasteiger partial charge in [0, 0.05) is 0 Å². The Morgan fingerprint density at radius 1 is 0.800 bits per heavy atom. The van der Waals surface area contributed by atoms with Gasteiger partial charge in [-0.05, 0) is 12.8 Å². The van der Waals surface area contributed by atoms with E-state index in [1.54, 1.807) is 0 Å². The van der Waals surface area contributed by atoms with Crippen molar-refractivity contribution in [1.82, 2.24) is 0 Å². The Bertz CT molecular complexity index is 49.2. The molecule has 0 saturated carbocycles. The highest BCUT2D eigenvalue weighted by Crippen LogP contribution is 2.04. The zero-order valence-corrected chi connectivity index (χ0v) is 6.44. The number of hydrogen-bond donors (Lipinski definition) is 0. The summed E-state index contributed by atoms with van der Waals surface area (Å²) < 4.78 is 11.5. The molecular formula is C8H16FO. The number of rotatable bonds is 7. The molecule has 0 aromatic heterocycles. The Morgan fingerprint density at radius 3 is 1.80 bits per heavy atom. The van der Waals surface area contributed by atoms with E-state index in [4.69, 9.17) is 0 Å². The second-order valence-electron chi connectivity index (χ2n) is 2.51. The number of halogens is 1. The molecule has 2 heteroatoms. The minimum Gasteiger partial charge on any atom is -0.251 e. The van der Waals surface area contributed by atoms with Crippen molar-refractivity contribution in [3.8, 4) is 0 Å². The quantitative estimate of drug-likeness (QED) is 0.493. The third-order valence-electron chi connectivity index (χ3n) is 1.53. The summed E-state index contributed by atoms with van der Waals surface area (Å²) >= 11 is 0. The summed E-state index contributed by atoms with van der Waals surface area (Å²) in [7, 11) is 0. The first-order chi connectivity index (χ1) is 4.91. The van der Waals surface area contributed by atoms with Gasteiger partial charge in [0.25, 0.3) is 0 Å². The molecule has 0 aromatic rings. The van der Waals surface area contributed by atoms with Crippen molar-refractivity contribution in [3.05, 3.63) is 0 Å². The Morgan fingerprint density at radius 2 is 1.30 bits per heavy atom. The fraction of sp³-hybridized carbons (Fsp3) is 1.00. The van der Waals surface area contributed by atoms with Crippen molar-refractivity contribution < 1.29 is 9.50 Å². The van der Waals surface area contributed by atoms with E-state index in [0.29, 0.717) is 6.42 Å². The fourth-order valence-corrected chi connectivity index (χ4v) is 0.904. The van der Waals surface area contributed by atoms with Gasteiger partial charge < -0.3 is 0 Å². The number of unbranched alkanes of at least 4 members (excludes halogenated alkanes) is 5. The molecule has 0 N–H and O–H groups in total. The topological polar surface area (TPSA) is 19.9 Å². The van der Waals surface area contributed by atoms with E-state index < -0.39 is 0 Å². The number of hydrogen-bond acceptors (Lipinski definition) is 0. The van der Waals surface area contributed by atoms with Crippen LogP contribution in [0.3, 0.4) is 0 Å². The van der Waals surface area contributed by atoms with Crippen LogP contribution in [0.2, 0.25) is 0 Å². The summed E-state index contributed by atoms with van der Waals surface area (Å²) in [5.41, 5.74) is 0. The third-order valence-corrected chi connectivity index (χ3v) is 1.53. The molecule has 0 aliphatic rings. The van der Waals surface area contributed by atoms with E-state index in [9.17, 15) is 9.50 Å². The van der Waals surface area contributed by atoms with Crippen molar-refractivity contribution in [1.29, 1.82) is 0 Å². The van der Waals surface area contributed by atoms with E-state index in [1.807, 2.05) is 0 Å². The van der Waals surface area contributed by atoms with Crippen molar-refractivity contribution in [3.63, 3.8) is 0 Å². The van der Waals surface area contributed by atoms with Gasteiger partial charge in [-0.2, -0.15) is 0 Å². The summed E-state index contributed by atoms with van der Waals surface area (Å²) in [6.07, 6.45) is 5.67. The fourth-order valence-electron chi connectivity index (χ4n) is 0.904. The van der Waals surface area contributed by atoms with Gasteiger partial charge in [0.05, 0.1) is 13.3 Å². The van der Waals surface area contributed by atoms with Gasteiger partial charge in [0.2, 0.25) is 0 Å². The molecule has 0 rings (SSSR count). The summed E-state index contributed by atoms with van der Waals surface area (Å²) in [5.74, 6) is 0. The van der Waals surface area contributed by atoms with Crippen LogP contribution in [0.4, 0.5) is 4.39 Å². The van der Waals surface area contributed by atoms with Crippen molar-refractivity contribution in [2.45, 2.75) is 38.5 Å². The van der Waals surface area contributed by atoms with Crippen LogP contribution in [-0.2, 0) is 5.11 Å². The molecule has 0 aliphatic heterocycles. The smallest absolute Gasteiger partial charge is 0.0894 e. The van der Waals surface area contributed by atoms with Crippen LogP contribution in [0.5, 0.6) is 0 Å². The zero-order valence-electron chi connectivity index (χ0n) is 6.44. The zero-order chi connectivity index (χ0) is 7.66. The van der Waals surface area contributed by atoms with E-state index in [2.05, 4.69) is 0 Å². The van der Waals surface area contributed by atoms with Crippen LogP contribution in [0.25, 0.3) is 0 Å². The average Bonchev–Trinajstić information content (AvgIpc) is 1.97. The first kappa shape index (κ1) is 9.89. The standard InChI is InChI=1S/C8H16FO/c9-7-5-3-1-2-4-6-8-10/h1-8H2. The molecule has 0 aromatic carbocycles. The highest BCUT2D eigenvalue weighted by atomic mass is 19.1. The molecule has 0 fully saturated rings. The van der Waals surface area contributed by atoms with Crippen LogP contribution in [-0.4, -0.2) is 13.3 Å². The SMILES string of the molecule is [O]CCCCCCCCF. The number of alkyl halides is 1. The van der Waals surface area contributed by atoms with Gasteiger partial charge in [-0.3, -0.25) is 4.39 Å². The van der Waals surface area contributed by atoms with Gasteiger partial charge in [-0.15, -0.1) is 0 Å². The lowest BCUT2D eigenvalue weighted by Gasteiger charge is -1.96. The summed E-state index contributed by atoms with van der Waals surface area (Å²) in [4.78, 5) is 0. The van der Waals surface area contributed by atoms with E-state index in [-0.39, 0.29) is 13.3 Å². The van der Waals surface area contributed by atoms with Crippen LogP contribution >= 0.6 is 0 Å². The molecule has 0 spiro atoms. The van der Waals surface area contributed by atoms with Crippen LogP contribution in [0.15, 0.2) is 0 Å². The molecule has 0 saturated heterocycles. The monoisotopic (exact) mass is 147 g/mol. The molecule has 10 heavy (non-hydrogen) atoms. The Balaban J connectivity index is 2.65. The second kappa shape index (κ2) is 8.89. The molecule has 0 heterocycles. The maximum absolute atomic E-state index is 11.5. The summed E-state index contributed by atoms with van der Waals surface area (Å²) in [5, 5.41) is 9.96. The third kappa shape index (κ3) is 7.89. The molecule has 1 nitrogen and oxygen atoms in total. The van der Waals surface area contributed by atoms with Crippen molar-refractivity contribution in [2.75, 3.05) is 13.3 Å². The van der Waals surface area contributed by atoms with Crippen LogP contribution < -0.4 is 0 Å². The lowest BCUT2D eigenvalue weighted by atomic mass is 10.1. The van der Waals surface area contributed by atoms with Crippen LogP contribution in [0, 0.1) is 0 Å². The Labute approximate surface area is 62.3 Å². The normalized spacial score (nSPS) is 10.2.